The minimum atomic E-state index is -0.298. The number of fused-ring (bicyclic) bond motifs is 1. The number of hydrogen-bond donors (Lipinski definition) is 0. The van der Waals surface area contributed by atoms with Gasteiger partial charge in [0, 0.05) is 18.7 Å². The van der Waals surface area contributed by atoms with E-state index >= 15 is 0 Å². The summed E-state index contributed by atoms with van der Waals surface area (Å²) in [5.74, 6) is -0.374. The Morgan fingerprint density at radius 2 is 1.88 bits per heavy atom. The molecule has 136 valence electrons. The molecule has 3 rings (SSSR count). The molecule has 0 spiro atoms. The van der Waals surface area contributed by atoms with Crippen molar-refractivity contribution in [2.75, 3.05) is 32.1 Å². The van der Waals surface area contributed by atoms with Crippen LogP contribution in [-0.4, -0.2) is 43.0 Å². The van der Waals surface area contributed by atoms with E-state index in [9.17, 15) is 9.18 Å². The Morgan fingerprint density at radius 1 is 1.12 bits per heavy atom. The van der Waals surface area contributed by atoms with Crippen molar-refractivity contribution in [3.63, 3.8) is 0 Å². The summed E-state index contributed by atoms with van der Waals surface area (Å²) in [6, 6.07) is 10.4. The number of nitrogens with zero attached hydrogens (tertiary/aromatic N) is 3. The second kappa shape index (κ2) is 7.51. The molecule has 3 aromatic rings. The number of anilines is 1. The number of amides is 1. The Labute approximate surface area is 156 Å². The maximum Gasteiger partial charge on any atom is 0.260 e. The van der Waals surface area contributed by atoms with Crippen LogP contribution in [0.15, 0.2) is 36.4 Å². The van der Waals surface area contributed by atoms with Crippen LogP contribution in [0.4, 0.5) is 9.52 Å². The van der Waals surface area contributed by atoms with Gasteiger partial charge in [0.05, 0.1) is 10.2 Å². The van der Waals surface area contributed by atoms with Crippen LogP contribution in [-0.2, 0) is 0 Å². The fourth-order valence-electron chi connectivity index (χ4n) is 2.70. The van der Waals surface area contributed by atoms with Crippen molar-refractivity contribution >= 4 is 32.6 Å². The fourth-order valence-corrected chi connectivity index (χ4v) is 3.71. The van der Waals surface area contributed by atoms with Crippen molar-refractivity contribution < 1.29 is 9.18 Å². The van der Waals surface area contributed by atoms with Crippen LogP contribution >= 0.6 is 11.3 Å². The van der Waals surface area contributed by atoms with Crippen molar-refractivity contribution in [3.05, 3.63) is 58.9 Å². The molecule has 1 aromatic heterocycles. The number of aromatic nitrogens is 1. The highest BCUT2D eigenvalue weighted by Crippen LogP contribution is 2.30. The average molecular weight is 371 g/mol. The lowest BCUT2D eigenvalue weighted by atomic mass is 10.0. The summed E-state index contributed by atoms with van der Waals surface area (Å²) in [6.45, 7) is 5.13. The zero-order chi connectivity index (χ0) is 18.8. The molecule has 0 saturated heterocycles. The predicted octanol–water partition coefficient (Wildman–Crippen LogP) is 4.26. The first-order valence-electron chi connectivity index (χ1n) is 8.45. The van der Waals surface area contributed by atoms with Crippen molar-refractivity contribution in [2.45, 2.75) is 13.8 Å². The van der Waals surface area contributed by atoms with Gasteiger partial charge in [-0.1, -0.05) is 29.0 Å². The lowest BCUT2D eigenvalue weighted by Crippen LogP contribution is -2.37. The zero-order valence-electron chi connectivity index (χ0n) is 15.4. The summed E-state index contributed by atoms with van der Waals surface area (Å²) in [5.41, 5.74) is 3.35. The third kappa shape index (κ3) is 3.92. The number of likely N-dealkylation sites (N-methyl/N-ethyl adjacent to an activating group) is 1. The zero-order valence-corrected chi connectivity index (χ0v) is 16.2. The molecule has 0 aliphatic rings. The molecular weight excluding hydrogens is 349 g/mol. The number of benzene rings is 2. The van der Waals surface area contributed by atoms with Crippen molar-refractivity contribution in [1.29, 1.82) is 0 Å². The summed E-state index contributed by atoms with van der Waals surface area (Å²) < 4.78 is 14.3. The van der Waals surface area contributed by atoms with Gasteiger partial charge in [-0.3, -0.25) is 9.69 Å². The lowest BCUT2D eigenvalue weighted by molar-refractivity contribution is 0.0984. The van der Waals surface area contributed by atoms with E-state index in [-0.39, 0.29) is 11.7 Å². The molecule has 2 aromatic carbocycles. The largest absolute Gasteiger partial charge is 0.308 e. The first kappa shape index (κ1) is 18.5. The highest BCUT2D eigenvalue weighted by Gasteiger charge is 2.23. The van der Waals surface area contributed by atoms with Crippen molar-refractivity contribution in [1.82, 2.24) is 9.88 Å². The molecule has 1 heterocycles. The Kier molecular flexibility index (Phi) is 5.34. The van der Waals surface area contributed by atoms with Crippen LogP contribution in [0.3, 0.4) is 0 Å². The Morgan fingerprint density at radius 3 is 2.62 bits per heavy atom. The number of aryl methyl sites for hydroxylation is 2. The number of thiazole rings is 1. The number of halogens is 1. The highest BCUT2D eigenvalue weighted by atomic mass is 32.1. The Hall–Kier alpha value is -2.31. The molecule has 0 aliphatic heterocycles. The van der Waals surface area contributed by atoms with E-state index in [1.165, 1.54) is 23.5 Å². The van der Waals surface area contributed by atoms with Gasteiger partial charge in [0.1, 0.15) is 5.82 Å². The van der Waals surface area contributed by atoms with Gasteiger partial charge in [0.2, 0.25) is 0 Å². The molecule has 0 aliphatic carbocycles. The molecule has 0 saturated carbocycles. The maximum atomic E-state index is 13.5. The topological polar surface area (TPSA) is 36.4 Å². The van der Waals surface area contributed by atoms with E-state index in [2.05, 4.69) is 4.98 Å². The molecule has 0 radical (unpaired) electrons. The number of rotatable bonds is 5. The van der Waals surface area contributed by atoms with Gasteiger partial charge < -0.3 is 4.90 Å². The predicted molar refractivity (Wildman–Crippen MR) is 106 cm³/mol. The van der Waals surface area contributed by atoms with Gasteiger partial charge in [-0.25, -0.2) is 9.37 Å². The van der Waals surface area contributed by atoms with Crippen LogP contribution in [0.25, 0.3) is 10.2 Å². The molecule has 26 heavy (non-hydrogen) atoms. The van der Waals surface area contributed by atoms with E-state index < -0.39 is 0 Å². The lowest BCUT2D eigenvalue weighted by Gasteiger charge is -2.23. The van der Waals surface area contributed by atoms with E-state index in [0.717, 1.165) is 15.8 Å². The summed E-state index contributed by atoms with van der Waals surface area (Å²) in [4.78, 5) is 21.6. The van der Waals surface area contributed by atoms with Crippen molar-refractivity contribution in [3.8, 4) is 0 Å². The third-order valence-corrected chi connectivity index (χ3v) is 5.25. The standard InChI is InChI=1S/C20H22FN3OS/c1-13-5-6-14(2)16(11-13)19(25)24(10-9-23(3)4)20-22-17-8-7-15(21)12-18(17)26-20/h5-8,11-12H,9-10H2,1-4H3. The molecule has 0 N–H and O–H groups in total. The normalized spacial score (nSPS) is 11.3. The molecule has 0 bridgehead atoms. The van der Waals surface area contributed by atoms with E-state index in [0.29, 0.717) is 29.3 Å². The third-order valence-electron chi connectivity index (χ3n) is 4.21. The molecule has 6 heteroatoms. The second-order valence-electron chi connectivity index (χ2n) is 6.69. The van der Waals surface area contributed by atoms with Gasteiger partial charge in [-0.15, -0.1) is 0 Å². The smallest absolute Gasteiger partial charge is 0.260 e. The molecule has 4 nitrogen and oxygen atoms in total. The first-order valence-corrected chi connectivity index (χ1v) is 9.27. The SMILES string of the molecule is Cc1ccc(C)c(C(=O)N(CCN(C)C)c2nc3ccc(F)cc3s2)c1. The van der Waals surface area contributed by atoms with Gasteiger partial charge >= 0.3 is 0 Å². The van der Waals surface area contributed by atoms with E-state index in [4.69, 9.17) is 0 Å². The highest BCUT2D eigenvalue weighted by molar-refractivity contribution is 7.22. The van der Waals surface area contributed by atoms with Gasteiger partial charge in [-0.05, 0) is 57.8 Å². The van der Waals surface area contributed by atoms with Gasteiger partial charge in [0.15, 0.2) is 5.13 Å². The Bertz CT molecular complexity index is 951. The van der Waals surface area contributed by atoms with Crippen LogP contribution in [0, 0.1) is 19.7 Å². The van der Waals surface area contributed by atoms with Gasteiger partial charge in [0.25, 0.3) is 5.91 Å². The van der Waals surface area contributed by atoms with Crippen LogP contribution in [0.2, 0.25) is 0 Å². The molecule has 0 atom stereocenters. The monoisotopic (exact) mass is 371 g/mol. The number of carbonyl (C=O) groups excluding carboxylic acids is 1. The maximum absolute atomic E-state index is 13.5. The quantitative estimate of drug-likeness (QED) is 0.672. The van der Waals surface area contributed by atoms with Crippen LogP contribution < -0.4 is 4.90 Å². The van der Waals surface area contributed by atoms with Crippen molar-refractivity contribution in [2.24, 2.45) is 0 Å². The van der Waals surface area contributed by atoms with Gasteiger partial charge in [-0.2, -0.15) is 0 Å². The summed E-state index contributed by atoms with van der Waals surface area (Å²) in [5, 5.41) is 0.596. The minimum Gasteiger partial charge on any atom is -0.308 e. The molecule has 1 amide bonds. The summed E-state index contributed by atoms with van der Waals surface area (Å²) in [7, 11) is 3.93. The average Bonchev–Trinajstić information content (AvgIpc) is 2.99. The fraction of sp³-hybridized carbons (Fsp3) is 0.300. The van der Waals surface area contributed by atoms with Crippen LogP contribution in [0.1, 0.15) is 21.5 Å². The first-order chi connectivity index (χ1) is 12.3. The van der Waals surface area contributed by atoms with E-state index in [1.54, 1.807) is 11.0 Å². The Balaban J connectivity index is 2.03. The number of carbonyl (C=O) groups is 1. The summed E-state index contributed by atoms with van der Waals surface area (Å²) >= 11 is 1.34. The van der Waals surface area contributed by atoms with Crippen LogP contribution in [0.5, 0.6) is 0 Å². The molecule has 0 unspecified atom stereocenters. The second-order valence-corrected chi connectivity index (χ2v) is 7.70. The van der Waals surface area contributed by atoms with E-state index in [1.807, 2.05) is 51.0 Å². The number of hydrogen-bond acceptors (Lipinski definition) is 4. The minimum absolute atomic E-state index is 0.0763. The summed E-state index contributed by atoms with van der Waals surface area (Å²) in [6.07, 6.45) is 0. The molecule has 0 fully saturated rings. The molecular formula is C20H22FN3OS.